The zero-order valence-corrected chi connectivity index (χ0v) is 15.2. The molecule has 3 rings (SSSR count). The lowest BCUT2D eigenvalue weighted by molar-refractivity contribution is -0.123. The highest BCUT2D eigenvalue weighted by molar-refractivity contribution is 6.03. The number of esters is 1. The number of nitrogens with zero attached hydrogens (tertiary/aromatic N) is 1. The topological polar surface area (TPSA) is 101 Å². The van der Waals surface area contributed by atoms with Gasteiger partial charge in [0.15, 0.2) is 11.8 Å². The fourth-order valence-corrected chi connectivity index (χ4v) is 2.73. The van der Waals surface area contributed by atoms with Crippen LogP contribution in [0.5, 0.6) is 0 Å². The number of aryl methyl sites for hydroxylation is 2. The smallest absolute Gasteiger partial charge is 0.360 e. The van der Waals surface area contributed by atoms with Crippen LogP contribution in [0.4, 0.5) is 5.69 Å². The monoisotopic (exact) mass is 365 g/mol. The molecule has 138 valence electrons. The SMILES string of the molecule is Cc1ccc(NC(=O)C(C)OC(=O)c2n[nH]c(=O)c3ccccc23)c(C)c1. The Bertz CT molecular complexity index is 1090. The van der Waals surface area contributed by atoms with Gasteiger partial charge in [0.05, 0.1) is 5.39 Å². The number of carbonyl (C=O) groups excluding carboxylic acids is 2. The van der Waals surface area contributed by atoms with E-state index in [9.17, 15) is 14.4 Å². The van der Waals surface area contributed by atoms with E-state index in [1.54, 1.807) is 30.3 Å². The van der Waals surface area contributed by atoms with Gasteiger partial charge in [0.25, 0.3) is 11.5 Å². The Hall–Kier alpha value is -3.48. The first-order valence-electron chi connectivity index (χ1n) is 8.43. The molecule has 27 heavy (non-hydrogen) atoms. The molecule has 0 fully saturated rings. The highest BCUT2D eigenvalue weighted by atomic mass is 16.5. The van der Waals surface area contributed by atoms with Gasteiger partial charge in [0.2, 0.25) is 0 Å². The molecule has 7 heteroatoms. The molecule has 0 aliphatic heterocycles. The first-order chi connectivity index (χ1) is 12.9. The summed E-state index contributed by atoms with van der Waals surface area (Å²) in [5.74, 6) is -1.24. The van der Waals surface area contributed by atoms with Crippen molar-refractivity contribution in [1.82, 2.24) is 10.2 Å². The number of hydrogen-bond acceptors (Lipinski definition) is 5. The van der Waals surface area contributed by atoms with Crippen LogP contribution < -0.4 is 10.9 Å². The Morgan fingerprint density at radius 3 is 2.52 bits per heavy atom. The molecule has 1 aromatic heterocycles. The molecule has 0 saturated heterocycles. The number of anilines is 1. The quantitative estimate of drug-likeness (QED) is 0.692. The molecule has 0 bridgehead atoms. The zero-order chi connectivity index (χ0) is 19.6. The maximum atomic E-state index is 12.5. The fourth-order valence-electron chi connectivity index (χ4n) is 2.73. The van der Waals surface area contributed by atoms with E-state index < -0.39 is 23.5 Å². The molecule has 0 spiro atoms. The summed E-state index contributed by atoms with van der Waals surface area (Å²) in [4.78, 5) is 36.6. The fraction of sp³-hybridized carbons (Fsp3) is 0.200. The van der Waals surface area contributed by atoms with Crippen molar-refractivity contribution in [2.45, 2.75) is 26.9 Å². The molecule has 2 N–H and O–H groups in total. The molecule has 7 nitrogen and oxygen atoms in total. The van der Waals surface area contributed by atoms with Gasteiger partial charge in [-0.1, -0.05) is 35.9 Å². The number of fused-ring (bicyclic) bond motifs is 1. The van der Waals surface area contributed by atoms with Crippen LogP contribution in [-0.4, -0.2) is 28.2 Å². The Labute approximate surface area is 155 Å². The molecule has 0 radical (unpaired) electrons. The van der Waals surface area contributed by atoms with Crippen LogP contribution >= 0.6 is 0 Å². The van der Waals surface area contributed by atoms with Crippen molar-refractivity contribution in [3.63, 3.8) is 0 Å². The third-order valence-electron chi connectivity index (χ3n) is 4.18. The maximum absolute atomic E-state index is 12.5. The number of aromatic amines is 1. The number of amides is 1. The lowest BCUT2D eigenvalue weighted by atomic mass is 10.1. The van der Waals surface area contributed by atoms with E-state index in [0.717, 1.165) is 11.1 Å². The average Bonchev–Trinajstić information content (AvgIpc) is 2.64. The Morgan fingerprint density at radius 2 is 1.81 bits per heavy atom. The van der Waals surface area contributed by atoms with Gasteiger partial charge in [0, 0.05) is 11.1 Å². The van der Waals surface area contributed by atoms with E-state index in [1.165, 1.54) is 6.92 Å². The Balaban J connectivity index is 1.77. The van der Waals surface area contributed by atoms with E-state index in [0.29, 0.717) is 16.5 Å². The van der Waals surface area contributed by atoms with E-state index in [2.05, 4.69) is 15.5 Å². The number of benzene rings is 2. The van der Waals surface area contributed by atoms with Crippen LogP contribution in [0.2, 0.25) is 0 Å². The van der Waals surface area contributed by atoms with E-state index >= 15 is 0 Å². The van der Waals surface area contributed by atoms with Crippen LogP contribution in [0.15, 0.2) is 47.3 Å². The van der Waals surface area contributed by atoms with E-state index in [1.807, 2.05) is 26.0 Å². The summed E-state index contributed by atoms with van der Waals surface area (Å²) < 4.78 is 5.25. The lowest BCUT2D eigenvalue weighted by Gasteiger charge is -2.15. The van der Waals surface area contributed by atoms with Crippen molar-refractivity contribution in [1.29, 1.82) is 0 Å². The number of ether oxygens (including phenoxy) is 1. The lowest BCUT2D eigenvalue weighted by Crippen LogP contribution is -2.31. The van der Waals surface area contributed by atoms with E-state index in [-0.39, 0.29) is 5.69 Å². The number of nitrogens with one attached hydrogen (secondary N) is 2. The molecule has 3 aromatic rings. The minimum absolute atomic E-state index is 0.0450. The molecule has 0 aliphatic rings. The summed E-state index contributed by atoms with van der Waals surface area (Å²) in [6, 6.07) is 12.2. The normalized spacial score (nSPS) is 11.8. The van der Waals surface area contributed by atoms with Crippen molar-refractivity contribution in [3.05, 3.63) is 69.6 Å². The standard InChI is InChI=1S/C20H19N3O4/c1-11-8-9-16(12(2)10-11)21-18(24)13(3)27-20(26)17-14-6-4-5-7-15(14)19(25)23-22-17/h4-10,13H,1-3H3,(H,21,24)(H,23,25). The highest BCUT2D eigenvalue weighted by Gasteiger charge is 2.22. The van der Waals surface area contributed by atoms with Crippen LogP contribution in [0.3, 0.4) is 0 Å². The third kappa shape index (κ3) is 3.87. The predicted octanol–water partition coefficient (Wildman–Crippen LogP) is 2.72. The van der Waals surface area contributed by atoms with Gasteiger partial charge in [-0.3, -0.25) is 9.59 Å². The molecular formula is C20H19N3O4. The number of H-pyrrole nitrogens is 1. The van der Waals surface area contributed by atoms with Crippen molar-refractivity contribution >= 4 is 28.3 Å². The maximum Gasteiger partial charge on any atom is 0.360 e. The number of aromatic nitrogens is 2. The van der Waals surface area contributed by atoms with Gasteiger partial charge in [-0.15, -0.1) is 0 Å². The summed E-state index contributed by atoms with van der Waals surface area (Å²) in [7, 11) is 0. The summed E-state index contributed by atoms with van der Waals surface area (Å²) in [5, 5.41) is 9.50. The van der Waals surface area contributed by atoms with Crippen LogP contribution in [-0.2, 0) is 9.53 Å². The van der Waals surface area contributed by atoms with Gasteiger partial charge >= 0.3 is 5.97 Å². The van der Waals surface area contributed by atoms with Gasteiger partial charge in [-0.25, -0.2) is 9.89 Å². The molecule has 0 saturated carbocycles. The van der Waals surface area contributed by atoms with Crippen LogP contribution in [0.1, 0.15) is 28.5 Å². The zero-order valence-electron chi connectivity index (χ0n) is 15.2. The van der Waals surface area contributed by atoms with E-state index in [4.69, 9.17) is 4.74 Å². The van der Waals surface area contributed by atoms with Crippen molar-refractivity contribution < 1.29 is 14.3 Å². The predicted molar refractivity (Wildman–Crippen MR) is 102 cm³/mol. The Morgan fingerprint density at radius 1 is 1.11 bits per heavy atom. The summed E-state index contributed by atoms with van der Waals surface area (Å²) in [5.41, 5.74) is 2.21. The second-order valence-corrected chi connectivity index (χ2v) is 6.30. The summed E-state index contributed by atoms with van der Waals surface area (Å²) in [6.07, 6.45) is -1.04. The summed E-state index contributed by atoms with van der Waals surface area (Å²) >= 11 is 0. The molecule has 0 aliphatic carbocycles. The summed E-state index contributed by atoms with van der Waals surface area (Å²) in [6.45, 7) is 5.32. The van der Waals surface area contributed by atoms with Crippen LogP contribution in [0.25, 0.3) is 10.8 Å². The van der Waals surface area contributed by atoms with Crippen molar-refractivity contribution in [2.75, 3.05) is 5.32 Å². The Kier molecular flexibility index (Phi) is 5.03. The van der Waals surface area contributed by atoms with Crippen molar-refractivity contribution in [2.24, 2.45) is 0 Å². The molecule has 1 unspecified atom stereocenters. The molecule has 1 heterocycles. The minimum atomic E-state index is -1.04. The first kappa shape index (κ1) is 18.3. The molecular weight excluding hydrogens is 346 g/mol. The molecule has 1 amide bonds. The minimum Gasteiger partial charge on any atom is -0.448 e. The van der Waals surface area contributed by atoms with Crippen LogP contribution in [0, 0.1) is 13.8 Å². The number of carbonyl (C=O) groups is 2. The second-order valence-electron chi connectivity index (χ2n) is 6.30. The van der Waals surface area contributed by atoms with Crippen molar-refractivity contribution in [3.8, 4) is 0 Å². The first-order valence-corrected chi connectivity index (χ1v) is 8.43. The molecule has 2 aromatic carbocycles. The number of rotatable bonds is 4. The van der Waals surface area contributed by atoms with Gasteiger partial charge in [-0.05, 0) is 38.5 Å². The largest absolute Gasteiger partial charge is 0.448 e. The van der Waals surface area contributed by atoms with Gasteiger partial charge in [0.1, 0.15) is 0 Å². The van der Waals surface area contributed by atoms with Gasteiger partial charge < -0.3 is 10.1 Å². The number of hydrogen-bond donors (Lipinski definition) is 2. The highest BCUT2D eigenvalue weighted by Crippen LogP contribution is 2.17. The third-order valence-corrected chi connectivity index (χ3v) is 4.18. The van der Waals surface area contributed by atoms with Gasteiger partial charge in [-0.2, -0.15) is 5.10 Å². The average molecular weight is 365 g/mol. The molecule has 1 atom stereocenters. The second kappa shape index (κ2) is 7.41.